The lowest BCUT2D eigenvalue weighted by Crippen LogP contribution is -1.94. The predicted molar refractivity (Wildman–Crippen MR) is 74.5 cm³/mol. The van der Waals surface area contributed by atoms with Gasteiger partial charge in [-0.15, -0.1) is 0 Å². The molecule has 0 amide bonds. The minimum atomic E-state index is 0.450. The highest BCUT2D eigenvalue weighted by molar-refractivity contribution is 5.34. The van der Waals surface area contributed by atoms with Crippen molar-refractivity contribution in [2.45, 2.75) is 64.7 Å². The number of phenolic OH excluding ortho intramolecular Hbond substituents is 1. The summed E-state index contributed by atoms with van der Waals surface area (Å²) in [6, 6.07) is 7.72. The van der Waals surface area contributed by atoms with Crippen molar-refractivity contribution in [1.82, 2.24) is 0 Å². The zero-order chi connectivity index (χ0) is 12.5. The summed E-state index contributed by atoms with van der Waals surface area (Å²) in [7, 11) is 0. The van der Waals surface area contributed by atoms with Crippen molar-refractivity contribution in [3.05, 3.63) is 29.8 Å². The molecule has 0 saturated heterocycles. The molecule has 1 atom stereocenters. The largest absolute Gasteiger partial charge is 0.508 e. The molecule has 1 N–H and O–H groups in total. The Kier molecular flexibility index (Phi) is 6.76. The molecule has 0 aliphatic carbocycles. The molecule has 1 aromatic rings. The molecule has 0 fully saturated rings. The van der Waals surface area contributed by atoms with Crippen LogP contribution in [0.15, 0.2) is 24.3 Å². The summed E-state index contributed by atoms with van der Waals surface area (Å²) >= 11 is 0. The lowest BCUT2D eigenvalue weighted by Gasteiger charge is -2.13. The van der Waals surface area contributed by atoms with Crippen LogP contribution in [0.25, 0.3) is 0 Å². The number of hydrogen-bond donors (Lipinski definition) is 1. The summed E-state index contributed by atoms with van der Waals surface area (Å²) in [4.78, 5) is 0. The Hall–Kier alpha value is -0.980. The number of phenols is 1. The minimum absolute atomic E-state index is 0.450. The molecule has 1 nitrogen and oxygen atoms in total. The van der Waals surface area contributed by atoms with E-state index in [0.29, 0.717) is 11.7 Å². The van der Waals surface area contributed by atoms with Crippen molar-refractivity contribution in [3.63, 3.8) is 0 Å². The van der Waals surface area contributed by atoms with Gasteiger partial charge in [-0.3, -0.25) is 0 Å². The van der Waals surface area contributed by atoms with Crippen molar-refractivity contribution < 1.29 is 5.11 Å². The van der Waals surface area contributed by atoms with Crippen molar-refractivity contribution in [2.75, 3.05) is 0 Å². The maximum Gasteiger partial charge on any atom is 0.119 e. The van der Waals surface area contributed by atoms with Crippen LogP contribution in [-0.4, -0.2) is 5.11 Å². The lowest BCUT2D eigenvalue weighted by molar-refractivity contribution is 0.457. The fraction of sp³-hybridized carbons (Fsp3) is 0.625. The summed E-state index contributed by atoms with van der Waals surface area (Å²) in [5.41, 5.74) is 1.10. The second-order valence-corrected chi connectivity index (χ2v) is 5.02. The highest BCUT2D eigenvalue weighted by atomic mass is 16.3. The molecule has 1 heteroatoms. The molecule has 0 aliphatic heterocycles. The van der Waals surface area contributed by atoms with Gasteiger partial charge in [-0.2, -0.15) is 0 Å². The molecular formula is C16H26O. The Morgan fingerprint density at radius 2 is 1.65 bits per heavy atom. The van der Waals surface area contributed by atoms with E-state index in [-0.39, 0.29) is 0 Å². The first-order valence-electron chi connectivity index (χ1n) is 7.03. The average Bonchev–Trinajstić information content (AvgIpc) is 2.34. The quantitative estimate of drug-likeness (QED) is 0.609. The third-order valence-corrected chi connectivity index (χ3v) is 3.46. The maximum atomic E-state index is 9.75. The number of unbranched alkanes of at least 4 members (excludes halogenated alkanes) is 5. The lowest BCUT2D eigenvalue weighted by atomic mass is 9.94. The zero-order valence-electron chi connectivity index (χ0n) is 11.3. The van der Waals surface area contributed by atoms with E-state index >= 15 is 0 Å². The first kappa shape index (κ1) is 14.1. The molecular weight excluding hydrogens is 208 g/mol. The molecule has 17 heavy (non-hydrogen) atoms. The van der Waals surface area contributed by atoms with Crippen molar-refractivity contribution in [3.8, 4) is 5.75 Å². The van der Waals surface area contributed by atoms with Gasteiger partial charge in [-0.25, -0.2) is 0 Å². The summed E-state index contributed by atoms with van der Waals surface area (Å²) < 4.78 is 0. The van der Waals surface area contributed by atoms with Gasteiger partial charge < -0.3 is 5.11 Å². The Bertz CT molecular complexity index is 306. The topological polar surface area (TPSA) is 20.2 Å². The molecule has 0 radical (unpaired) electrons. The van der Waals surface area contributed by atoms with Crippen LogP contribution >= 0.6 is 0 Å². The Labute approximate surface area is 106 Å². The fourth-order valence-electron chi connectivity index (χ4n) is 2.29. The van der Waals surface area contributed by atoms with Gasteiger partial charge in [0, 0.05) is 0 Å². The van der Waals surface area contributed by atoms with Crippen molar-refractivity contribution in [1.29, 1.82) is 0 Å². The van der Waals surface area contributed by atoms with Gasteiger partial charge in [0.05, 0.1) is 0 Å². The van der Waals surface area contributed by atoms with E-state index in [2.05, 4.69) is 13.8 Å². The Morgan fingerprint density at radius 1 is 1.00 bits per heavy atom. The van der Waals surface area contributed by atoms with Gasteiger partial charge in [0.1, 0.15) is 5.75 Å². The van der Waals surface area contributed by atoms with Crippen LogP contribution in [0.3, 0.4) is 0 Å². The van der Waals surface area contributed by atoms with E-state index in [1.165, 1.54) is 44.9 Å². The summed E-state index contributed by atoms with van der Waals surface area (Å²) in [5, 5.41) is 9.75. The van der Waals surface area contributed by atoms with Gasteiger partial charge >= 0.3 is 0 Å². The maximum absolute atomic E-state index is 9.75. The normalized spacial score (nSPS) is 12.6. The van der Waals surface area contributed by atoms with Gasteiger partial charge in [-0.1, -0.05) is 70.6 Å². The van der Waals surface area contributed by atoms with Crippen LogP contribution in [0.2, 0.25) is 0 Å². The second kappa shape index (κ2) is 8.16. The van der Waals surface area contributed by atoms with E-state index in [1.54, 1.807) is 6.07 Å². The molecule has 0 aromatic heterocycles. The second-order valence-electron chi connectivity index (χ2n) is 5.02. The zero-order valence-corrected chi connectivity index (χ0v) is 11.3. The third kappa shape index (κ3) is 5.25. The highest BCUT2D eigenvalue weighted by Gasteiger charge is 2.08. The minimum Gasteiger partial charge on any atom is -0.508 e. The molecule has 0 spiro atoms. The first-order valence-corrected chi connectivity index (χ1v) is 7.03. The van der Waals surface area contributed by atoms with Crippen molar-refractivity contribution >= 4 is 0 Å². The summed E-state index contributed by atoms with van der Waals surface area (Å²) in [6.07, 6.45) is 9.22. The number of hydrogen-bond acceptors (Lipinski definition) is 1. The van der Waals surface area contributed by atoms with Crippen LogP contribution in [0.5, 0.6) is 5.75 Å². The third-order valence-electron chi connectivity index (χ3n) is 3.46. The number of benzene rings is 1. The van der Waals surface area contributed by atoms with E-state index in [0.717, 1.165) is 5.56 Å². The molecule has 0 heterocycles. The molecule has 1 aromatic carbocycles. The van der Waals surface area contributed by atoms with E-state index < -0.39 is 0 Å². The number of aromatic hydroxyl groups is 1. The van der Waals surface area contributed by atoms with E-state index in [4.69, 9.17) is 0 Å². The first-order chi connectivity index (χ1) is 8.25. The van der Waals surface area contributed by atoms with Gasteiger partial charge in [-0.05, 0) is 24.0 Å². The van der Waals surface area contributed by atoms with Crippen LogP contribution in [0.1, 0.15) is 70.3 Å². The van der Waals surface area contributed by atoms with Crippen LogP contribution in [0, 0.1) is 0 Å². The summed E-state index contributed by atoms with van der Waals surface area (Å²) in [6.45, 7) is 4.46. The van der Waals surface area contributed by atoms with Gasteiger partial charge in [0.2, 0.25) is 0 Å². The molecule has 0 bridgehead atoms. The van der Waals surface area contributed by atoms with Crippen LogP contribution < -0.4 is 0 Å². The Balaban J connectivity index is 2.21. The Morgan fingerprint density at radius 3 is 2.35 bits per heavy atom. The molecule has 96 valence electrons. The van der Waals surface area contributed by atoms with Gasteiger partial charge in [0.25, 0.3) is 0 Å². The highest BCUT2D eigenvalue weighted by Crippen LogP contribution is 2.28. The van der Waals surface area contributed by atoms with Crippen LogP contribution in [0.4, 0.5) is 0 Å². The average molecular weight is 234 g/mol. The molecule has 0 aliphatic rings. The molecule has 1 rings (SSSR count). The van der Waals surface area contributed by atoms with Crippen LogP contribution in [-0.2, 0) is 0 Å². The number of rotatable bonds is 8. The van der Waals surface area contributed by atoms with Crippen molar-refractivity contribution in [2.24, 2.45) is 0 Å². The standard InChI is InChI=1S/C16H26O/c1-3-4-5-6-7-8-11-14(2)15-12-9-10-13-16(15)17/h9-10,12-14,17H,3-8,11H2,1-2H3/t14-/m1/s1. The number of para-hydroxylation sites is 1. The monoisotopic (exact) mass is 234 g/mol. The predicted octanol–water partition coefficient (Wildman–Crippen LogP) is 5.25. The molecule has 0 saturated carbocycles. The SMILES string of the molecule is CCCCCCCC[C@@H](C)c1ccccc1O. The fourth-order valence-corrected chi connectivity index (χ4v) is 2.29. The smallest absolute Gasteiger partial charge is 0.119 e. The van der Waals surface area contributed by atoms with E-state index in [1.807, 2.05) is 18.2 Å². The summed E-state index contributed by atoms with van der Waals surface area (Å²) in [5.74, 6) is 0.924. The van der Waals surface area contributed by atoms with E-state index in [9.17, 15) is 5.11 Å². The molecule has 0 unspecified atom stereocenters. The van der Waals surface area contributed by atoms with Gasteiger partial charge in [0.15, 0.2) is 0 Å².